The topological polar surface area (TPSA) is 49.4 Å². The van der Waals surface area contributed by atoms with Gasteiger partial charge in [0.05, 0.1) is 4.90 Å². The van der Waals surface area contributed by atoms with Gasteiger partial charge in [-0.3, -0.25) is 0 Å². The fourth-order valence-corrected chi connectivity index (χ4v) is 4.44. The number of hydrogen-bond donors (Lipinski definition) is 1. The maximum atomic E-state index is 13.5. The Balaban J connectivity index is 2.40. The third kappa shape index (κ3) is 3.19. The molecule has 1 fully saturated rings. The van der Waals surface area contributed by atoms with Crippen LogP contribution >= 0.6 is 0 Å². The van der Waals surface area contributed by atoms with E-state index in [-0.39, 0.29) is 4.90 Å². The van der Waals surface area contributed by atoms with Crippen LogP contribution in [-0.2, 0) is 16.6 Å². The first kappa shape index (κ1) is 15.4. The van der Waals surface area contributed by atoms with Gasteiger partial charge in [0.15, 0.2) is 0 Å². The van der Waals surface area contributed by atoms with Gasteiger partial charge in [-0.05, 0) is 43.5 Å². The molecule has 1 heterocycles. The molecule has 1 atom stereocenters. The second kappa shape index (κ2) is 6.20. The quantitative estimate of drug-likeness (QED) is 0.925. The van der Waals surface area contributed by atoms with Gasteiger partial charge >= 0.3 is 0 Å². The molecule has 20 heavy (non-hydrogen) atoms. The second-order valence-corrected chi connectivity index (χ2v) is 7.30. The van der Waals surface area contributed by atoms with Crippen molar-refractivity contribution >= 4 is 10.0 Å². The van der Waals surface area contributed by atoms with Gasteiger partial charge < -0.3 is 5.32 Å². The Morgan fingerprint density at radius 1 is 1.45 bits per heavy atom. The van der Waals surface area contributed by atoms with Gasteiger partial charge in [-0.15, -0.1) is 0 Å². The van der Waals surface area contributed by atoms with Crippen molar-refractivity contribution in [2.45, 2.75) is 31.2 Å². The van der Waals surface area contributed by atoms with Crippen molar-refractivity contribution in [1.82, 2.24) is 9.62 Å². The van der Waals surface area contributed by atoms with Crippen molar-refractivity contribution in [2.75, 3.05) is 20.1 Å². The maximum absolute atomic E-state index is 13.5. The lowest BCUT2D eigenvalue weighted by Gasteiger charge is -2.30. The SMILES string of the molecule is CNCc1ccc(F)cc1S(=O)(=O)N1CCCC(C)C1. The van der Waals surface area contributed by atoms with E-state index < -0.39 is 15.8 Å². The fraction of sp³-hybridized carbons (Fsp3) is 0.571. The molecule has 6 heteroatoms. The largest absolute Gasteiger partial charge is 0.316 e. The molecule has 0 radical (unpaired) electrons. The van der Waals surface area contributed by atoms with Crippen LogP contribution in [0.25, 0.3) is 0 Å². The summed E-state index contributed by atoms with van der Waals surface area (Å²) in [5.74, 6) is -0.173. The number of rotatable bonds is 4. The Hall–Kier alpha value is -0.980. The molecule has 0 aliphatic carbocycles. The number of halogens is 1. The fourth-order valence-electron chi connectivity index (χ4n) is 2.61. The summed E-state index contributed by atoms with van der Waals surface area (Å²) in [7, 11) is -1.88. The number of nitrogens with one attached hydrogen (secondary N) is 1. The van der Waals surface area contributed by atoms with E-state index in [9.17, 15) is 12.8 Å². The van der Waals surface area contributed by atoms with Gasteiger partial charge in [0.25, 0.3) is 0 Å². The Bertz CT molecular complexity index is 575. The van der Waals surface area contributed by atoms with Crippen LogP contribution in [0.4, 0.5) is 4.39 Å². The number of hydrogen-bond acceptors (Lipinski definition) is 3. The molecular weight excluding hydrogens is 279 g/mol. The highest BCUT2D eigenvalue weighted by Crippen LogP contribution is 2.26. The van der Waals surface area contributed by atoms with Gasteiger partial charge in [0.2, 0.25) is 10.0 Å². The first-order valence-electron chi connectivity index (χ1n) is 6.88. The molecule has 0 saturated carbocycles. The van der Waals surface area contributed by atoms with Crippen LogP contribution in [-0.4, -0.2) is 32.9 Å². The molecule has 1 aliphatic heterocycles. The third-order valence-electron chi connectivity index (χ3n) is 3.63. The van der Waals surface area contributed by atoms with E-state index in [0.717, 1.165) is 18.9 Å². The molecule has 1 unspecified atom stereocenters. The summed E-state index contributed by atoms with van der Waals surface area (Å²) < 4.78 is 40.4. The lowest BCUT2D eigenvalue weighted by atomic mass is 10.0. The van der Waals surface area contributed by atoms with E-state index in [1.54, 1.807) is 7.05 Å². The molecule has 4 nitrogen and oxygen atoms in total. The minimum atomic E-state index is -3.62. The number of nitrogens with zero attached hydrogens (tertiary/aromatic N) is 1. The van der Waals surface area contributed by atoms with E-state index >= 15 is 0 Å². The minimum Gasteiger partial charge on any atom is -0.316 e. The average Bonchev–Trinajstić information content (AvgIpc) is 2.41. The molecule has 0 aromatic heterocycles. The van der Waals surface area contributed by atoms with Crippen molar-refractivity contribution in [3.63, 3.8) is 0 Å². The molecule has 0 spiro atoms. The van der Waals surface area contributed by atoms with Gasteiger partial charge in [-0.1, -0.05) is 13.0 Å². The summed E-state index contributed by atoms with van der Waals surface area (Å²) in [4.78, 5) is 0.0842. The summed E-state index contributed by atoms with van der Waals surface area (Å²) >= 11 is 0. The zero-order valence-corrected chi connectivity index (χ0v) is 12.7. The summed E-state index contributed by atoms with van der Waals surface area (Å²) in [5.41, 5.74) is 0.604. The highest BCUT2D eigenvalue weighted by molar-refractivity contribution is 7.89. The Kier molecular flexibility index (Phi) is 4.78. The van der Waals surface area contributed by atoms with Crippen LogP contribution in [0.5, 0.6) is 0 Å². The standard InChI is InChI=1S/C14H21FN2O2S/c1-11-4-3-7-17(10-11)20(18,19)14-8-13(15)6-5-12(14)9-16-2/h5-6,8,11,16H,3-4,7,9-10H2,1-2H3. The second-order valence-electron chi connectivity index (χ2n) is 5.39. The predicted molar refractivity (Wildman–Crippen MR) is 76.3 cm³/mol. The van der Waals surface area contributed by atoms with Crippen LogP contribution in [0.3, 0.4) is 0 Å². The highest BCUT2D eigenvalue weighted by Gasteiger charge is 2.30. The molecule has 0 bridgehead atoms. The average molecular weight is 300 g/mol. The van der Waals surface area contributed by atoms with Gasteiger partial charge in [-0.2, -0.15) is 4.31 Å². The van der Waals surface area contributed by atoms with Crippen LogP contribution in [0.15, 0.2) is 23.1 Å². The smallest absolute Gasteiger partial charge is 0.243 e. The Labute approximate surface area is 120 Å². The predicted octanol–water partition coefficient (Wildman–Crippen LogP) is 1.97. The molecule has 112 valence electrons. The van der Waals surface area contributed by atoms with E-state index in [1.165, 1.54) is 16.4 Å². The molecule has 2 rings (SSSR count). The third-order valence-corrected chi connectivity index (χ3v) is 5.58. The van der Waals surface area contributed by atoms with Crippen molar-refractivity contribution in [2.24, 2.45) is 5.92 Å². The molecule has 1 aromatic carbocycles. The van der Waals surface area contributed by atoms with Crippen LogP contribution in [0, 0.1) is 11.7 Å². The van der Waals surface area contributed by atoms with E-state index in [0.29, 0.717) is 31.1 Å². The number of sulfonamides is 1. The summed E-state index contributed by atoms with van der Waals surface area (Å²) in [5, 5.41) is 2.92. The molecule has 1 N–H and O–H groups in total. The summed E-state index contributed by atoms with van der Waals surface area (Å²) in [6.45, 7) is 3.47. The molecule has 1 aromatic rings. The van der Waals surface area contributed by atoms with Crippen molar-refractivity contribution in [1.29, 1.82) is 0 Å². The lowest BCUT2D eigenvalue weighted by molar-refractivity contribution is 0.281. The number of piperidine rings is 1. The number of benzene rings is 1. The maximum Gasteiger partial charge on any atom is 0.243 e. The monoisotopic (exact) mass is 300 g/mol. The lowest BCUT2D eigenvalue weighted by Crippen LogP contribution is -2.39. The zero-order valence-electron chi connectivity index (χ0n) is 11.9. The van der Waals surface area contributed by atoms with E-state index in [1.807, 2.05) is 6.92 Å². The van der Waals surface area contributed by atoms with Crippen molar-refractivity contribution in [3.05, 3.63) is 29.6 Å². The Morgan fingerprint density at radius 3 is 2.85 bits per heavy atom. The molecule has 0 amide bonds. The van der Waals surface area contributed by atoms with Gasteiger partial charge in [0, 0.05) is 19.6 Å². The van der Waals surface area contributed by atoms with E-state index in [4.69, 9.17) is 0 Å². The van der Waals surface area contributed by atoms with Crippen LogP contribution < -0.4 is 5.32 Å². The van der Waals surface area contributed by atoms with Crippen molar-refractivity contribution in [3.8, 4) is 0 Å². The van der Waals surface area contributed by atoms with Gasteiger partial charge in [0.1, 0.15) is 5.82 Å². The molecule has 1 aliphatic rings. The van der Waals surface area contributed by atoms with Crippen LogP contribution in [0.2, 0.25) is 0 Å². The Morgan fingerprint density at radius 2 is 2.20 bits per heavy atom. The molecular formula is C14H21FN2O2S. The first-order chi connectivity index (χ1) is 9.45. The van der Waals surface area contributed by atoms with E-state index in [2.05, 4.69) is 5.32 Å². The minimum absolute atomic E-state index is 0.0842. The first-order valence-corrected chi connectivity index (χ1v) is 8.32. The summed E-state index contributed by atoms with van der Waals surface area (Å²) in [6, 6.07) is 3.96. The van der Waals surface area contributed by atoms with Crippen molar-refractivity contribution < 1.29 is 12.8 Å². The van der Waals surface area contributed by atoms with Gasteiger partial charge in [-0.25, -0.2) is 12.8 Å². The highest BCUT2D eigenvalue weighted by atomic mass is 32.2. The normalized spacial score (nSPS) is 21.1. The summed E-state index contributed by atoms with van der Waals surface area (Å²) in [6.07, 6.45) is 1.90. The van der Waals surface area contributed by atoms with Crippen LogP contribution in [0.1, 0.15) is 25.3 Å². The molecule has 1 saturated heterocycles. The zero-order chi connectivity index (χ0) is 14.8.